The summed E-state index contributed by atoms with van der Waals surface area (Å²) in [5.41, 5.74) is 1.91. The minimum Gasteiger partial charge on any atom is -0.496 e. The second-order valence-electron chi connectivity index (χ2n) is 4.58. The average molecular weight is 293 g/mol. The average Bonchev–Trinajstić information content (AvgIpc) is 2.37. The lowest BCUT2D eigenvalue weighted by Gasteiger charge is -2.13. The number of methoxy groups -OCH3 is 1. The molecule has 2 rings (SSSR count). The van der Waals surface area contributed by atoms with E-state index in [1.165, 1.54) is 25.3 Å². The minimum atomic E-state index is -0.635. The topological polar surface area (TPSA) is 26.3 Å². The highest BCUT2D eigenvalue weighted by molar-refractivity contribution is 6.35. The lowest BCUT2D eigenvalue weighted by Crippen LogP contribution is -2.09. The van der Waals surface area contributed by atoms with Crippen LogP contribution in [-0.4, -0.2) is 12.9 Å². The summed E-state index contributed by atoms with van der Waals surface area (Å²) in [6, 6.07) is 7.77. The van der Waals surface area contributed by atoms with Crippen LogP contribution in [0, 0.1) is 19.7 Å². The Kier molecular flexibility index (Phi) is 4.09. The molecule has 0 fully saturated rings. The van der Waals surface area contributed by atoms with Gasteiger partial charge in [0, 0.05) is 0 Å². The molecule has 0 aliphatic rings. The van der Waals surface area contributed by atoms with Gasteiger partial charge >= 0.3 is 0 Å². The van der Waals surface area contributed by atoms with Crippen LogP contribution in [0.3, 0.4) is 0 Å². The Labute approximate surface area is 122 Å². The van der Waals surface area contributed by atoms with Gasteiger partial charge in [-0.15, -0.1) is 0 Å². The molecule has 0 heterocycles. The number of ketones is 1. The number of rotatable bonds is 3. The van der Waals surface area contributed by atoms with E-state index in [0.717, 1.165) is 11.1 Å². The number of ether oxygens (including phenoxy) is 1. The second kappa shape index (κ2) is 5.63. The van der Waals surface area contributed by atoms with Crippen molar-refractivity contribution < 1.29 is 13.9 Å². The van der Waals surface area contributed by atoms with E-state index in [0.29, 0.717) is 11.3 Å². The number of carbonyl (C=O) groups is 1. The molecule has 2 nitrogen and oxygen atoms in total. The van der Waals surface area contributed by atoms with Crippen molar-refractivity contribution in [3.63, 3.8) is 0 Å². The SMILES string of the molecule is COc1cc(C)cc(C)c1C(=O)c1c(F)cccc1Cl. The molecule has 0 spiro atoms. The molecule has 0 unspecified atom stereocenters. The highest BCUT2D eigenvalue weighted by atomic mass is 35.5. The van der Waals surface area contributed by atoms with Crippen LogP contribution >= 0.6 is 11.6 Å². The maximum absolute atomic E-state index is 13.9. The molecule has 0 amide bonds. The minimum absolute atomic E-state index is 0.0945. The predicted octanol–water partition coefficient (Wildman–Crippen LogP) is 4.34. The molecule has 0 radical (unpaired) electrons. The second-order valence-corrected chi connectivity index (χ2v) is 4.99. The molecule has 0 aromatic heterocycles. The summed E-state index contributed by atoms with van der Waals surface area (Å²) in [6.45, 7) is 3.69. The summed E-state index contributed by atoms with van der Waals surface area (Å²) in [6.07, 6.45) is 0. The third-order valence-electron chi connectivity index (χ3n) is 3.08. The van der Waals surface area contributed by atoms with Crippen molar-refractivity contribution in [2.75, 3.05) is 7.11 Å². The van der Waals surface area contributed by atoms with Crippen molar-refractivity contribution in [3.8, 4) is 5.75 Å². The lowest BCUT2D eigenvalue weighted by molar-refractivity contribution is 0.103. The van der Waals surface area contributed by atoms with Gasteiger partial charge in [-0.3, -0.25) is 4.79 Å². The molecule has 0 bridgehead atoms. The predicted molar refractivity (Wildman–Crippen MR) is 77.3 cm³/mol. The van der Waals surface area contributed by atoms with Crippen molar-refractivity contribution in [2.45, 2.75) is 13.8 Å². The number of carbonyl (C=O) groups excluding carboxylic acids is 1. The molecule has 2 aromatic rings. The fourth-order valence-electron chi connectivity index (χ4n) is 2.22. The van der Waals surface area contributed by atoms with Gasteiger partial charge in [0.25, 0.3) is 0 Å². The highest BCUT2D eigenvalue weighted by Crippen LogP contribution is 2.30. The Morgan fingerprint density at radius 1 is 1.20 bits per heavy atom. The van der Waals surface area contributed by atoms with Crippen molar-refractivity contribution >= 4 is 17.4 Å². The number of aryl methyl sites for hydroxylation is 2. The van der Waals surface area contributed by atoms with E-state index in [9.17, 15) is 9.18 Å². The van der Waals surface area contributed by atoms with E-state index in [1.807, 2.05) is 13.0 Å². The summed E-state index contributed by atoms with van der Waals surface area (Å²) in [4.78, 5) is 12.6. The van der Waals surface area contributed by atoms with Gasteiger partial charge in [-0.1, -0.05) is 23.7 Å². The molecule has 0 N–H and O–H groups in total. The van der Waals surface area contributed by atoms with Gasteiger partial charge in [0.2, 0.25) is 5.78 Å². The summed E-state index contributed by atoms with van der Waals surface area (Å²) in [5.74, 6) is -0.682. The van der Waals surface area contributed by atoms with Crippen LogP contribution in [0.15, 0.2) is 30.3 Å². The van der Waals surface area contributed by atoms with E-state index in [2.05, 4.69) is 0 Å². The van der Waals surface area contributed by atoms with E-state index in [-0.39, 0.29) is 10.6 Å². The summed E-state index contributed by atoms with van der Waals surface area (Å²) < 4.78 is 19.1. The van der Waals surface area contributed by atoms with Crippen molar-refractivity contribution in [2.24, 2.45) is 0 Å². The quantitative estimate of drug-likeness (QED) is 0.787. The van der Waals surface area contributed by atoms with E-state index in [1.54, 1.807) is 13.0 Å². The Balaban J connectivity index is 2.66. The Bertz CT molecular complexity index is 660. The third-order valence-corrected chi connectivity index (χ3v) is 3.40. The third kappa shape index (κ3) is 2.54. The van der Waals surface area contributed by atoms with E-state index < -0.39 is 11.6 Å². The molecule has 20 heavy (non-hydrogen) atoms. The zero-order valence-electron chi connectivity index (χ0n) is 11.5. The molecule has 0 aliphatic heterocycles. The number of benzene rings is 2. The zero-order valence-corrected chi connectivity index (χ0v) is 12.2. The fraction of sp³-hybridized carbons (Fsp3) is 0.188. The van der Waals surface area contributed by atoms with Crippen molar-refractivity contribution in [1.29, 1.82) is 0 Å². The molecule has 0 aliphatic carbocycles. The first-order chi connectivity index (χ1) is 9.45. The van der Waals surface area contributed by atoms with Crippen LogP contribution in [0.2, 0.25) is 5.02 Å². The molecule has 0 saturated heterocycles. The molecule has 2 aromatic carbocycles. The number of halogens is 2. The van der Waals surface area contributed by atoms with E-state index >= 15 is 0 Å². The van der Waals surface area contributed by atoms with Gasteiger partial charge in [-0.2, -0.15) is 0 Å². The van der Waals surface area contributed by atoms with Gasteiger partial charge in [0.05, 0.1) is 23.3 Å². The van der Waals surface area contributed by atoms with Crippen LogP contribution in [0.1, 0.15) is 27.0 Å². The van der Waals surface area contributed by atoms with Crippen LogP contribution in [-0.2, 0) is 0 Å². The smallest absolute Gasteiger partial charge is 0.201 e. The maximum Gasteiger partial charge on any atom is 0.201 e. The first kappa shape index (κ1) is 14.5. The highest BCUT2D eigenvalue weighted by Gasteiger charge is 2.22. The van der Waals surface area contributed by atoms with Crippen LogP contribution in [0.4, 0.5) is 4.39 Å². The van der Waals surface area contributed by atoms with Gasteiger partial charge < -0.3 is 4.74 Å². The van der Waals surface area contributed by atoms with Crippen LogP contribution in [0.5, 0.6) is 5.75 Å². The van der Waals surface area contributed by atoms with E-state index in [4.69, 9.17) is 16.3 Å². The van der Waals surface area contributed by atoms with Gasteiger partial charge in [-0.05, 0) is 43.2 Å². The number of hydrogen-bond acceptors (Lipinski definition) is 2. The van der Waals surface area contributed by atoms with Gasteiger partial charge in [-0.25, -0.2) is 4.39 Å². The Morgan fingerprint density at radius 2 is 1.90 bits per heavy atom. The Morgan fingerprint density at radius 3 is 2.50 bits per heavy atom. The van der Waals surface area contributed by atoms with Crippen molar-refractivity contribution in [3.05, 3.63) is 63.4 Å². The Hall–Kier alpha value is -1.87. The summed E-state index contributed by atoms with van der Waals surface area (Å²) >= 11 is 5.95. The number of hydrogen-bond donors (Lipinski definition) is 0. The monoisotopic (exact) mass is 292 g/mol. The first-order valence-electron chi connectivity index (χ1n) is 6.09. The van der Waals surface area contributed by atoms with Crippen molar-refractivity contribution in [1.82, 2.24) is 0 Å². The zero-order chi connectivity index (χ0) is 14.9. The molecule has 0 saturated carbocycles. The normalized spacial score (nSPS) is 10.4. The standard InChI is InChI=1S/C16H14ClFO2/c1-9-7-10(2)14(13(8-9)20-3)16(19)15-11(17)5-4-6-12(15)18/h4-8H,1-3H3. The maximum atomic E-state index is 13.9. The summed E-state index contributed by atoms with van der Waals surface area (Å²) in [7, 11) is 1.48. The molecular formula is C16H14ClFO2. The molecule has 104 valence electrons. The van der Waals surface area contributed by atoms with Gasteiger partial charge in [0.1, 0.15) is 11.6 Å². The molecule has 0 atom stereocenters. The van der Waals surface area contributed by atoms with Crippen LogP contribution in [0.25, 0.3) is 0 Å². The fourth-order valence-corrected chi connectivity index (χ4v) is 2.47. The molecule has 4 heteroatoms. The first-order valence-corrected chi connectivity index (χ1v) is 6.47. The lowest BCUT2D eigenvalue weighted by atomic mass is 9.96. The molecular weight excluding hydrogens is 279 g/mol. The van der Waals surface area contributed by atoms with Crippen LogP contribution < -0.4 is 4.74 Å². The largest absolute Gasteiger partial charge is 0.496 e. The summed E-state index contributed by atoms with van der Waals surface area (Å²) in [5, 5.41) is 0.0945. The van der Waals surface area contributed by atoms with Gasteiger partial charge in [0.15, 0.2) is 0 Å².